The van der Waals surface area contributed by atoms with Crippen LogP contribution >= 0.6 is 0 Å². The summed E-state index contributed by atoms with van der Waals surface area (Å²) in [5, 5.41) is 5.46. The van der Waals surface area contributed by atoms with E-state index in [0.717, 1.165) is 68.1 Å². The third-order valence-electron chi connectivity index (χ3n) is 7.89. The molecule has 2 aromatic carbocycles. The zero-order valence-corrected chi connectivity index (χ0v) is 25.9. The number of hydrogen-bond acceptors (Lipinski definition) is 6. The number of carbonyl (C=O) groups is 1. The molecule has 222 valence electrons. The minimum Gasteiger partial charge on any atom is -0.495 e. The van der Waals surface area contributed by atoms with E-state index < -0.39 is 0 Å². The Kier molecular flexibility index (Phi) is 8.36. The molecule has 0 radical (unpaired) electrons. The van der Waals surface area contributed by atoms with Gasteiger partial charge in [-0.2, -0.15) is 5.10 Å². The first-order chi connectivity index (χ1) is 20.6. The highest BCUT2D eigenvalue weighted by Crippen LogP contribution is 2.44. The van der Waals surface area contributed by atoms with E-state index in [1.165, 1.54) is 6.08 Å². The van der Waals surface area contributed by atoms with Gasteiger partial charge in [-0.3, -0.25) is 9.48 Å². The van der Waals surface area contributed by atoms with E-state index in [-0.39, 0.29) is 5.91 Å². The number of nitrogens with zero attached hydrogens (tertiary/aromatic N) is 5. The highest BCUT2D eigenvalue weighted by atomic mass is 16.5. The topological polar surface area (TPSA) is 88.5 Å². The lowest BCUT2D eigenvalue weighted by molar-refractivity contribution is -0.113. The Bertz CT molecular complexity index is 1800. The molecule has 0 saturated heterocycles. The Balaban J connectivity index is 1.73. The number of likely N-dealkylation sites (N-methyl/N-ethyl adjacent to an activating group) is 2. The van der Waals surface area contributed by atoms with Gasteiger partial charge in [-0.15, -0.1) is 0 Å². The van der Waals surface area contributed by atoms with E-state index in [2.05, 4.69) is 47.5 Å². The Morgan fingerprint density at radius 3 is 2.40 bits per heavy atom. The number of benzene rings is 2. The van der Waals surface area contributed by atoms with Crippen LogP contribution in [0.4, 0.5) is 5.69 Å². The number of fused-ring (bicyclic) bond motifs is 1. The van der Waals surface area contributed by atoms with Gasteiger partial charge in [0.25, 0.3) is 0 Å². The summed E-state index contributed by atoms with van der Waals surface area (Å²) in [6.07, 6.45) is 5.08. The molecule has 5 rings (SSSR count). The highest BCUT2D eigenvalue weighted by molar-refractivity contribution is 6.07. The molecule has 43 heavy (non-hydrogen) atoms. The van der Waals surface area contributed by atoms with E-state index in [1.54, 1.807) is 19.1 Å². The minimum absolute atomic E-state index is 0.230. The number of aromatic amines is 1. The second-order valence-corrected chi connectivity index (χ2v) is 10.8. The van der Waals surface area contributed by atoms with E-state index in [4.69, 9.17) is 14.5 Å². The first-order valence-corrected chi connectivity index (χ1v) is 14.1. The van der Waals surface area contributed by atoms with Crippen molar-refractivity contribution in [3.05, 3.63) is 78.8 Å². The van der Waals surface area contributed by atoms with Crippen molar-refractivity contribution >= 4 is 22.6 Å². The van der Waals surface area contributed by atoms with Crippen molar-refractivity contribution < 1.29 is 14.3 Å². The Morgan fingerprint density at radius 1 is 1.05 bits per heavy atom. The van der Waals surface area contributed by atoms with Crippen molar-refractivity contribution in [3.8, 4) is 45.0 Å². The van der Waals surface area contributed by atoms with E-state index in [9.17, 15) is 4.79 Å². The van der Waals surface area contributed by atoms with Gasteiger partial charge < -0.3 is 24.3 Å². The molecule has 0 aliphatic heterocycles. The number of hydrogen-bond donors (Lipinski definition) is 1. The molecule has 0 saturated carbocycles. The van der Waals surface area contributed by atoms with Gasteiger partial charge in [-0.1, -0.05) is 12.6 Å². The number of aromatic nitrogens is 4. The first kappa shape index (κ1) is 29.6. The number of methoxy groups -OCH3 is 1. The number of H-pyrrole nitrogens is 1. The fourth-order valence-electron chi connectivity index (χ4n) is 5.28. The van der Waals surface area contributed by atoms with Crippen LogP contribution in [0.1, 0.15) is 11.3 Å². The number of nitrogens with one attached hydrogen (secondary N) is 1. The maximum absolute atomic E-state index is 12.6. The predicted molar refractivity (Wildman–Crippen MR) is 173 cm³/mol. The molecule has 9 heteroatoms. The summed E-state index contributed by atoms with van der Waals surface area (Å²) in [7, 11) is 9.30. The highest BCUT2D eigenvalue weighted by Gasteiger charge is 2.23. The van der Waals surface area contributed by atoms with Gasteiger partial charge >= 0.3 is 0 Å². The average Bonchev–Trinajstić information content (AvgIpc) is 3.56. The molecule has 3 aromatic heterocycles. The Hall–Kier alpha value is -4.89. The van der Waals surface area contributed by atoms with Crippen LogP contribution in [-0.2, 0) is 11.8 Å². The van der Waals surface area contributed by atoms with E-state index >= 15 is 0 Å². The maximum atomic E-state index is 12.6. The zero-order valence-electron chi connectivity index (χ0n) is 25.9. The van der Waals surface area contributed by atoms with Crippen LogP contribution < -0.4 is 14.4 Å². The molecular weight excluding hydrogens is 540 g/mol. The van der Waals surface area contributed by atoms with Crippen LogP contribution in [0.2, 0.25) is 0 Å². The molecule has 1 N–H and O–H groups in total. The molecule has 0 fully saturated rings. The molecule has 9 nitrogen and oxygen atoms in total. The fourth-order valence-corrected chi connectivity index (χ4v) is 5.28. The minimum atomic E-state index is -0.230. The molecule has 0 aliphatic carbocycles. The average molecular weight is 579 g/mol. The molecular formula is C34H38N6O3. The standard InChI is InChI=1S/C34H38N6O3/c1-9-30(41)39(6)28-18-24(12-15-29(28)42-8)32-31-21(2)26(27-20-36-40(7)22(27)3)19-35-34(31)37-33(32)23-10-13-25(14-11-23)43-17-16-38(4)5/h9-15,18-20H,1,16-17H2,2-8H3,(H,35,37). The SMILES string of the molecule is C=CC(=O)N(C)c1cc(-c2c(-c3ccc(OCCN(C)C)cc3)[nH]c3ncc(-c4cnn(C)c4C)c(C)c23)ccc1OC. The van der Waals surface area contributed by atoms with Crippen LogP contribution in [0.5, 0.6) is 11.5 Å². The third-order valence-corrected chi connectivity index (χ3v) is 7.89. The second kappa shape index (κ2) is 12.1. The molecule has 0 spiro atoms. The molecule has 0 atom stereocenters. The van der Waals surface area contributed by atoms with Gasteiger partial charge in [0.1, 0.15) is 23.8 Å². The van der Waals surface area contributed by atoms with Crippen molar-refractivity contribution in [3.63, 3.8) is 0 Å². The van der Waals surface area contributed by atoms with Gasteiger partial charge in [0, 0.05) is 54.6 Å². The summed E-state index contributed by atoms with van der Waals surface area (Å²) in [6, 6.07) is 14.0. The number of amides is 1. The lowest BCUT2D eigenvalue weighted by Gasteiger charge is -2.20. The van der Waals surface area contributed by atoms with Crippen LogP contribution in [0, 0.1) is 13.8 Å². The van der Waals surface area contributed by atoms with Crippen molar-refractivity contribution in [1.82, 2.24) is 24.6 Å². The third kappa shape index (κ3) is 5.63. The smallest absolute Gasteiger partial charge is 0.250 e. The maximum Gasteiger partial charge on any atom is 0.250 e. The molecule has 5 aromatic rings. The summed E-state index contributed by atoms with van der Waals surface area (Å²) in [6.45, 7) is 9.27. The van der Waals surface area contributed by atoms with Crippen molar-refractivity contribution in [1.29, 1.82) is 0 Å². The van der Waals surface area contributed by atoms with Crippen LogP contribution in [0.25, 0.3) is 44.5 Å². The largest absolute Gasteiger partial charge is 0.495 e. The van der Waals surface area contributed by atoms with Gasteiger partial charge in [-0.05, 0) is 87.1 Å². The number of pyridine rings is 1. The lowest BCUT2D eigenvalue weighted by Crippen LogP contribution is -2.24. The second-order valence-electron chi connectivity index (χ2n) is 10.8. The summed E-state index contributed by atoms with van der Waals surface area (Å²) < 4.78 is 13.5. The van der Waals surface area contributed by atoms with Gasteiger partial charge in [0.2, 0.25) is 5.91 Å². The fraction of sp³-hybridized carbons (Fsp3) is 0.265. The van der Waals surface area contributed by atoms with Gasteiger partial charge in [0.15, 0.2) is 0 Å². The first-order valence-electron chi connectivity index (χ1n) is 14.1. The van der Waals surface area contributed by atoms with Crippen LogP contribution in [-0.4, -0.2) is 72.0 Å². The van der Waals surface area contributed by atoms with Crippen molar-refractivity contribution in [2.24, 2.45) is 7.05 Å². The van der Waals surface area contributed by atoms with Crippen molar-refractivity contribution in [2.45, 2.75) is 13.8 Å². The van der Waals surface area contributed by atoms with Gasteiger partial charge in [-0.25, -0.2) is 4.98 Å². The monoisotopic (exact) mass is 578 g/mol. The van der Waals surface area contributed by atoms with Crippen LogP contribution in [0.3, 0.4) is 0 Å². The molecule has 0 bridgehead atoms. The predicted octanol–water partition coefficient (Wildman–Crippen LogP) is 6.01. The Morgan fingerprint density at radius 2 is 1.77 bits per heavy atom. The number of rotatable bonds is 10. The van der Waals surface area contributed by atoms with Gasteiger partial charge in [0.05, 0.1) is 24.7 Å². The lowest BCUT2D eigenvalue weighted by atomic mass is 9.93. The summed E-state index contributed by atoms with van der Waals surface area (Å²) in [5.41, 5.74) is 9.39. The van der Waals surface area contributed by atoms with Crippen LogP contribution in [0.15, 0.2) is 67.5 Å². The Labute approximate surface area is 252 Å². The van der Waals surface area contributed by atoms with E-state index in [1.807, 2.05) is 68.6 Å². The summed E-state index contributed by atoms with van der Waals surface area (Å²) in [4.78, 5) is 24.7. The summed E-state index contributed by atoms with van der Waals surface area (Å²) in [5.74, 6) is 1.17. The van der Waals surface area contributed by atoms with Crippen molar-refractivity contribution in [2.75, 3.05) is 46.3 Å². The molecule has 0 aliphatic rings. The molecule has 1 amide bonds. The normalized spacial score (nSPS) is 11.3. The quantitative estimate of drug-likeness (QED) is 0.204. The number of aryl methyl sites for hydroxylation is 2. The summed E-state index contributed by atoms with van der Waals surface area (Å²) >= 11 is 0. The number of ether oxygens (including phenoxy) is 2. The zero-order chi connectivity index (χ0) is 30.8. The number of carbonyl (C=O) groups excluding carboxylic acids is 1. The molecule has 0 unspecified atom stereocenters. The van der Waals surface area contributed by atoms with E-state index in [0.29, 0.717) is 18.0 Å². The number of anilines is 1. The molecule has 3 heterocycles.